The summed E-state index contributed by atoms with van der Waals surface area (Å²) in [6.07, 6.45) is 0.677. The molecule has 0 aliphatic carbocycles. The molecule has 1 amide bonds. The number of aromatic nitrogens is 2. The molecule has 8 nitrogen and oxygen atoms in total. The zero-order chi connectivity index (χ0) is 19.8. The first-order chi connectivity index (χ1) is 13.0. The molecule has 0 aliphatic heterocycles. The molecule has 0 aliphatic rings. The minimum Gasteiger partial charge on any atom is -0.467 e. The van der Waals surface area contributed by atoms with Gasteiger partial charge >= 0.3 is 11.9 Å². The quantitative estimate of drug-likeness (QED) is 0.684. The van der Waals surface area contributed by atoms with Crippen LogP contribution in [-0.4, -0.2) is 47.8 Å². The number of nitrogens with zero attached hydrogens (tertiary/aromatic N) is 1. The second kappa shape index (κ2) is 9.51. The lowest BCUT2D eigenvalue weighted by atomic mass is 9.99. The maximum atomic E-state index is 12.1. The van der Waals surface area contributed by atoms with Gasteiger partial charge in [0.25, 0.3) is 5.91 Å². The van der Waals surface area contributed by atoms with Crippen molar-refractivity contribution in [3.63, 3.8) is 0 Å². The van der Waals surface area contributed by atoms with E-state index < -0.39 is 30.5 Å². The van der Waals surface area contributed by atoms with Crippen molar-refractivity contribution >= 4 is 17.8 Å². The molecule has 1 aromatic heterocycles. The third-order valence-corrected chi connectivity index (χ3v) is 4.19. The fourth-order valence-corrected chi connectivity index (χ4v) is 2.40. The van der Waals surface area contributed by atoms with Crippen LogP contribution < -0.4 is 5.32 Å². The monoisotopic (exact) mass is 373 g/mol. The van der Waals surface area contributed by atoms with E-state index in [4.69, 9.17) is 9.47 Å². The molecule has 0 spiro atoms. The summed E-state index contributed by atoms with van der Waals surface area (Å²) in [7, 11) is 1.26. The summed E-state index contributed by atoms with van der Waals surface area (Å²) < 4.78 is 9.69. The Morgan fingerprint density at radius 2 is 1.93 bits per heavy atom. The maximum Gasteiger partial charge on any atom is 0.356 e. The van der Waals surface area contributed by atoms with Gasteiger partial charge in [-0.1, -0.05) is 50.6 Å². The SMILES string of the molecule is CC[C@@H](C)[C@H](NC(=O)COC(=O)c1cc(-c2ccccc2)n[nH]1)C(=O)OC. The van der Waals surface area contributed by atoms with Crippen LogP contribution in [0.4, 0.5) is 0 Å². The van der Waals surface area contributed by atoms with Gasteiger partial charge < -0.3 is 14.8 Å². The van der Waals surface area contributed by atoms with Crippen molar-refractivity contribution in [1.29, 1.82) is 0 Å². The van der Waals surface area contributed by atoms with E-state index in [-0.39, 0.29) is 11.6 Å². The number of carbonyl (C=O) groups excluding carboxylic acids is 3. The number of hydrogen-bond acceptors (Lipinski definition) is 6. The van der Waals surface area contributed by atoms with E-state index in [1.165, 1.54) is 7.11 Å². The summed E-state index contributed by atoms with van der Waals surface area (Å²) in [5.41, 5.74) is 1.57. The van der Waals surface area contributed by atoms with Crippen LogP contribution in [0.25, 0.3) is 11.3 Å². The van der Waals surface area contributed by atoms with Crippen molar-refractivity contribution in [3.8, 4) is 11.3 Å². The number of nitrogens with one attached hydrogen (secondary N) is 2. The Labute approximate surface area is 157 Å². The zero-order valence-electron chi connectivity index (χ0n) is 15.5. The molecule has 2 N–H and O–H groups in total. The minimum absolute atomic E-state index is 0.113. The van der Waals surface area contributed by atoms with E-state index in [1.54, 1.807) is 6.07 Å². The smallest absolute Gasteiger partial charge is 0.356 e. The fourth-order valence-electron chi connectivity index (χ4n) is 2.40. The number of benzene rings is 1. The number of amides is 1. The normalized spacial score (nSPS) is 12.7. The van der Waals surface area contributed by atoms with Gasteiger partial charge in [-0.25, -0.2) is 9.59 Å². The van der Waals surface area contributed by atoms with Crippen LogP contribution in [0.1, 0.15) is 30.8 Å². The van der Waals surface area contributed by atoms with E-state index in [9.17, 15) is 14.4 Å². The number of carbonyl (C=O) groups is 3. The minimum atomic E-state index is -0.789. The molecule has 0 bridgehead atoms. The van der Waals surface area contributed by atoms with Gasteiger partial charge in [0.1, 0.15) is 11.7 Å². The first kappa shape index (κ1) is 20.2. The summed E-state index contributed by atoms with van der Waals surface area (Å²) in [6, 6.07) is 10.1. The molecule has 0 fully saturated rings. The summed E-state index contributed by atoms with van der Waals surface area (Å²) >= 11 is 0. The summed E-state index contributed by atoms with van der Waals surface area (Å²) in [5, 5.41) is 9.20. The molecule has 0 saturated carbocycles. The number of hydrogen-bond donors (Lipinski definition) is 2. The van der Waals surface area contributed by atoms with Gasteiger partial charge in [0.2, 0.25) is 0 Å². The molecule has 2 rings (SSSR count). The van der Waals surface area contributed by atoms with E-state index in [0.29, 0.717) is 12.1 Å². The van der Waals surface area contributed by atoms with Crippen LogP contribution in [0.3, 0.4) is 0 Å². The molecule has 2 atom stereocenters. The van der Waals surface area contributed by atoms with Crippen LogP contribution in [0, 0.1) is 5.92 Å². The highest BCUT2D eigenvalue weighted by molar-refractivity contribution is 5.91. The number of methoxy groups -OCH3 is 1. The van der Waals surface area contributed by atoms with Crippen LogP contribution in [0.15, 0.2) is 36.4 Å². The molecule has 0 unspecified atom stereocenters. The predicted octanol–water partition coefficient (Wildman–Crippen LogP) is 1.94. The molecule has 27 heavy (non-hydrogen) atoms. The lowest BCUT2D eigenvalue weighted by Crippen LogP contribution is -2.47. The lowest BCUT2D eigenvalue weighted by Gasteiger charge is -2.21. The number of esters is 2. The Hall–Kier alpha value is -3.16. The van der Waals surface area contributed by atoms with Gasteiger partial charge in [-0.05, 0) is 12.0 Å². The van der Waals surface area contributed by atoms with Gasteiger partial charge in [-0.2, -0.15) is 5.10 Å². The molecule has 1 aromatic carbocycles. The number of H-pyrrole nitrogens is 1. The zero-order valence-corrected chi connectivity index (χ0v) is 15.5. The van der Waals surface area contributed by atoms with E-state index in [2.05, 4.69) is 15.5 Å². The predicted molar refractivity (Wildman–Crippen MR) is 97.7 cm³/mol. The summed E-state index contributed by atoms with van der Waals surface area (Å²) in [5.74, 6) is -1.94. The average Bonchev–Trinajstić information content (AvgIpc) is 3.20. The Kier molecular flexibility index (Phi) is 7.10. The standard InChI is InChI=1S/C19H23N3O5/c1-4-12(2)17(19(25)26-3)20-16(23)11-27-18(24)15-10-14(21-22-15)13-8-6-5-7-9-13/h5-10,12,17H,4,11H2,1-3H3,(H,20,23)(H,21,22)/t12-,17+/m1/s1. The van der Waals surface area contributed by atoms with Gasteiger partial charge in [0.05, 0.1) is 12.8 Å². The Balaban J connectivity index is 1.92. The van der Waals surface area contributed by atoms with Crippen molar-refractivity contribution in [3.05, 3.63) is 42.1 Å². The van der Waals surface area contributed by atoms with Gasteiger partial charge in [0, 0.05) is 5.56 Å². The van der Waals surface area contributed by atoms with Crippen molar-refractivity contribution in [2.24, 2.45) is 5.92 Å². The fraction of sp³-hybridized carbons (Fsp3) is 0.368. The molecular formula is C19H23N3O5. The first-order valence-electron chi connectivity index (χ1n) is 8.61. The highest BCUT2D eigenvalue weighted by Crippen LogP contribution is 2.17. The summed E-state index contributed by atoms with van der Waals surface area (Å²) in [6.45, 7) is 3.21. The Bertz CT molecular complexity index is 788. The van der Waals surface area contributed by atoms with Gasteiger partial charge in [-0.3, -0.25) is 9.89 Å². The first-order valence-corrected chi connectivity index (χ1v) is 8.61. The largest absolute Gasteiger partial charge is 0.467 e. The van der Waals surface area contributed by atoms with Crippen molar-refractivity contribution < 1.29 is 23.9 Å². The number of ether oxygens (including phenoxy) is 2. The van der Waals surface area contributed by atoms with Gasteiger partial charge in [-0.15, -0.1) is 0 Å². The van der Waals surface area contributed by atoms with E-state index >= 15 is 0 Å². The molecular weight excluding hydrogens is 350 g/mol. The second-order valence-corrected chi connectivity index (χ2v) is 6.06. The van der Waals surface area contributed by atoms with Crippen molar-refractivity contribution in [2.45, 2.75) is 26.3 Å². The van der Waals surface area contributed by atoms with Crippen LogP contribution in [-0.2, 0) is 19.1 Å². The van der Waals surface area contributed by atoms with Crippen molar-refractivity contribution in [2.75, 3.05) is 13.7 Å². The summed E-state index contributed by atoms with van der Waals surface area (Å²) in [4.78, 5) is 35.9. The molecule has 2 aromatic rings. The van der Waals surface area contributed by atoms with Crippen LogP contribution in [0.5, 0.6) is 0 Å². The van der Waals surface area contributed by atoms with E-state index in [0.717, 1.165) is 5.56 Å². The van der Waals surface area contributed by atoms with Crippen LogP contribution >= 0.6 is 0 Å². The maximum absolute atomic E-state index is 12.1. The average molecular weight is 373 g/mol. The molecule has 8 heteroatoms. The number of rotatable bonds is 8. The topological polar surface area (TPSA) is 110 Å². The molecule has 0 saturated heterocycles. The highest BCUT2D eigenvalue weighted by atomic mass is 16.5. The molecule has 1 heterocycles. The molecule has 0 radical (unpaired) electrons. The third kappa shape index (κ3) is 5.40. The molecule has 144 valence electrons. The van der Waals surface area contributed by atoms with E-state index in [1.807, 2.05) is 44.2 Å². The van der Waals surface area contributed by atoms with Crippen LogP contribution in [0.2, 0.25) is 0 Å². The number of aromatic amines is 1. The van der Waals surface area contributed by atoms with Crippen molar-refractivity contribution in [1.82, 2.24) is 15.5 Å². The Morgan fingerprint density at radius 3 is 2.56 bits per heavy atom. The van der Waals surface area contributed by atoms with Gasteiger partial charge in [0.15, 0.2) is 6.61 Å². The lowest BCUT2D eigenvalue weighted by molar-refractivity contribution is -0.147. The highest BCUT2D eigenvalue weighted by Gasteiger charge is 2.27. The third-order valence-electron chi connectivity index (χ3n) is 4.19. The second-order valence-electron chi connectivity index (χ2n) is 6.06. The Morgan fingerprint density at radius 1 is 1.22 bits per heavy atom.